The molecule has 0 spiro atoms. The molecule has 0 fully saturated rings. The third-order valence-electron chi connectivity index (χ3n) is 6.14. The van der Waals surface area contributed by atoms with Gasteiger partial charge in [-0.05, 0) is 55.3 Å². The summed E-state index contributed by atoms with van der Waals surface area (Å²) < 4.78 is 6.99. The second-order valence-corrected chi connectivity index (χ2v) is 9.89. The SMILES string of the molecule is COc1ccc(-n2nnc(C(=O)NC(c3ccccc3)c3ccccc3)c2CSc2nc(C)cc(C)n2)cc1. The fourth-order valence-electron chi connectivity index (χ4n) is 4.28. The van der Waals surface area contributed by atoms with Gasteiger partial charge in [-0.2, -0.15) is 0 Å². The molecule has 8 nitrogen and oxygen atoms in total. The van der Waals surface area contributed by atoms with Crippen molar-refractivity contribution in [1.29, 1.82) is 0 Å². The van der Waals surface area contributed by atoms with E-state index in [1.807, 2.05) is 105 Å². The second kappa shape index (κ2) is 11.9. The van der Waals surface area contributed by atoms with Crippen molar-refractivity contribution in [3.63, 3.8) is 0 Å². The third-order valence-corrected chi connectivity index (χ3v) is 6.99. The van der Waals surface area contributed by atoms with Gasteiger partial charge in [-0.3, -0.25) is 4.79 Å². The minimum Gasteiger partial charge on any atom is -0.497 e. The normalized spacial score (nSPS) is 11.0. The molecule has 196 valence electrons. The molecule has 0 saturated heterocycles. The highest BCUT2D eigenvalue weighted by molar-refractivity contribution is 7.98. The number of ether oxygens (including phenoxy) is 1. The van der Waals surface area contributed by atoms with Crippen LogP contribution in [0.15, 0.2) is 96.2 Å². The number of carbonyl (C=O) groups excluding carboxylic acids is 1. The van der Waals surface area contributed by atoms with E-state index < -0.39 is 0 Å². The summed E-state index contributed by atoms with van der Waals surface area (Å²) >= 11 is 1.44. The summed E-state index contributed by atoms with van der Waals surface area (Å²) in [5.41, 5.74) is 5.38. The highest BCUT2D eigenvalue weighted by atomic mass is 32.2. The van der Waals surface area contributed by atoms with Gasteiger partial charge in [0.2, 0.25) is 0 Å². The van der Waals surface area contributed by atoms with Crippen LogP contribution in [0.25, 0.3) is 5.69 Å². The lowest BCUT2D eigenvalue weighted by molar-refractivity contribution is 0.0937. The van der Waals surface area contributed by atoms with Gasteiger partial charge in [-0.1, -0.05) is 77.6 Å². The molecule has 1 amide bonds. The summed E-state index contributed by atoms with van der Waals surface area (Å²) in [6.45, 7) is 3.88. The molecule has 5 aromatic rings. The lowest BCUT2D eigenvalue weighted by atomic mass is 9.98. The minimum atomic E-state index is -0.353. The molecule has 0 aliphatic heterocycles. The first kappa shape index (κ1) is 26.1. The Morgan fingerprint density at radius 1 is 0.897 bits per heavy atom. The molecule has 9 heteroatoms. The Labute approximate surface area is 231 Å². The number of aryl methyl sites for hydroxylation is 2. The topological polar surface area (TPSA) is 94.8 Å². The molecule has 0 aliphatic rings. The molecule has 3 aromatic carbocycles. The Morgan fingerprint density at radius 2 is 1.49 bits per heavy atom. The van der Waals surface area contributed by atoms with Crippen molar-refractivity contribution in [1.82, 2.24) is 30.3 Å². The molecule has 0 aliphatic carbocycles. The average molecular weight is 537 g/mol. The Hall–Kier alpha value is -4.50. The van der Waals surface area contributed by atoms with Crippen LogP contribution >= 0.6 is 11.8 Å². The van der Waals surface area contributed by atoms with Crippen LogP contribution in [-0.4, -0.2) is 38.0 Å². The molecule has 2 aromatic heterocycles. The predicted octanol–water partition coefficient (Wildman–Crippen LogP) is 5.49. The Kier molecular flexibility index (Phi) is 7.98. The number of hydrogen-bond donors (Lipinski definition) is 1. The van der Waals surface area contributed by atoms with E-state index >= 15 is 0 Å². The Balaban J connectivity index is 1.50. The van der Waals surface area contributed by atoms with E-state index in [2.05, 4.69) is 25.6 Å². The maximum Gasteiger partial charge on any atom is 0.274 e. The summed E-state index contributed by atoms with van der Waals surface area (Å²) in [5.74, 6) is 0.806. The summed E-state index contributed by atoms with van der Waals surface area (Å²) in [5, 5.41) is 12.5. The van der Waals surface area contributed by atoms with Gasteiger partial charge < -0.3 is 10.1 Å². The number of nitrogens with one attached hydrogen (secondary N) is 1. The lowest BCUT2D eigenvalue weighted by Gasteiger charge is -2.19. The van der Waals surface area contributed by atoms with Gasteiger partial charge in [0.15, 0.2) is 10.9 Å². The highest BCUT2D eigenvalue weighted by Crippen LogP contribution is 2.26. The fourth-order valence-corrected chi connectivity index (χ4v) is 5.22. The maximum atomic E-state index is 13.8. The van der Waals surface area contributed by atoms with Crippen molar-refractivity contribution in [2.24, 2.45) is 0 Å². The smallest absolute Gasteiger partial charge is 0.274 e. The Bertz CT molecular complexity index is 1500. The zero-order chi connectivity index (χ0) is 27.2. The molecule has 0 atom stereocenters. The first-order valence-corrected chi connectivity index (χ1v) is 13.4. The molecule has 2 heterocycles. The zero-order valence-corrected chi connectivity index (χ0v) is 22.7. The third kappa shape index (κ3) is 6.15. The summed E-state index contributed by atoms with van der Waals surface area (Å²) in [6.07, 6.45) is 0. The number of benzene rings is 3. The number of aromatic nitrogens is 5. The van der Waals surface area contributed by atoms with E-state index in [1.54, 1.807) is 11.8 Å². The number of rotatable bonds is 9. The number of amides is 1. The highest BCUT2D eigenvalue weighted by Gasteiger charge is 2.25. The monoisotopic (exact) mass is 536 g/mol. The number of carbonyl (C=O) groups is 1. The van der Waals surface area contributed by atoms with Gasteiger partial charge in [-0.25, -0.2) is 14.6 Å². The van der Waals surface area contributed by atoms with Crippen LogP contribution in [0.5, 0.6) is 5.75 Å². The van der Waals surface area contributed by atoms with Gasteiger partial charge in [0.25, 0.3) is 5.91 Å². The minimum absolute atomic E-state index is 0.250. The average Bonchev–Trinajstić information content (AvgIpc) is 3.39. The van der Waals surface area contributed by atoms with Crippen LogP contribution in [0.4, 0.5) is 0 Å². The molecule has 0 unspecified atom stereocenters. The molecule has 0 radical (unpaired) electrons. The van der Waals surface area contributed by atoms with Crippen LogP contribution in [-0.2, 0) is 5.75 Å². The van der Waals surface area contributed by atoms with Crippen molar-refractivity contribution in [3.8, 4) is 11.4 Å². The fraction of sp³-hybridized carbons (Fsp3) is 0.167. The second-order valence-electron chi connectivity index (χ2n) is 8.94. The maximum absolute atomic E-state index is 13.8. The van der Waals surface area contributed by atoms with Crippen LogP contribution < -0.4 is 10.1 Å². The molecule has 5 rings (SSSR count). The summed E-state index contributed by atoms with van der Waals surface area (Å²) in [6, 6.07) is 28.8. The van der Waals surface area contributed by atoms with Gasteiger partial charge in [0.1, 0.15) is 5.75 Å². The molecular weight excluding hydrogens is 508 g/mol. The molecule has 0 bridgehead atoms. The van der Waals surface area contributed by atoms with E-state index in [0.29, 0.717) is 16.6 Å². The summed E-state index contributed by atoms with van der Waals surface area (Å²) in [7, 11) is 1.62. The lowest BCUT2D eigenvalue weighted by Crippen LogP contribution is -2.30. The van der Waals surface area contributed by atoms with E-state index in [1.165, 1.54) is 11.8 Å². The number of methoxy groups -OCH3 is 1. The van der Waals surface area contributed by atoms with Gasteiger partial charge >= 0.3 is 0 Å². The number of thioether (sulfide) groups is 1. The number of nitrogens with zero attached hydrogens (tertiary/aromatic N) is 5. The van der Waals surface area contributed by atoms with E-state index in [0.717, 1.165) is 34.0 Å². The quantitative estimate of drug-likeness (QED) is 0.196. The standard InChI is InChI=1S/C30H28N6O2S/c1-20-18-21(2)32-30(31-20)39-19-26-28(34-35-36(26)24-14-16-25(38-3)17-15-24)29(37)33-27(22-10-6-4-7-11-22)23-12-8-5-9-13-23/h4-18,27H,19H2,1-3H3,(H,33,37). The number of hydrogen-bond acceptors (Lipinski definition) is 7. The van der Waals surface area contributed by atoms with Gasteiger partial charge in [-0.15, -0.1) is 5.10 Å². The van der Waals surface area contributed by atoms with Crippen LogP contribution in [0, 0.1) is 13.8 Å². The molecular formula is C30H28N6O2S. The first-order chi connectivity index (χ1) is 19.0. The molecule has 0 saturated carbocycles. The van der Waals surface area contributed by atoms with Gasteiger partial charge in [0.05, 0.1) is 24.5 Å². The van der Waals surface area contributed by atoms with Gasteiger partial charge in [0, 0.05) is 17.1 Å². The van der Waals surface area contributed by atoms with Crippen LogP contribution in [0.1, 0.15) is 44.7 Å². The van der Waals surface area contributed by atoms with Crippen LogP contribution in [0.2, 0.25) is 0 Å². The van der Waals surface area contributed by atoms with Crippen molar-refractivity contribution in [2.75, 3.05) is 7.11 Å². The zero-order valence-electron chi connectivity index (χ0n) is 21.9. The summed E-state index contributed by atoms with van der Waals surface area (Å²) in [4.78, 5) is 22.9. The molecule has 1 N–H and O–H groups in total. The van der Waals surface area contributed by atoms with E-state index in [4.69, 9.17) is 4.74 Å². The molecule has 39 heavy (non-hydrogen) atoms. The van der Waals surface area contributed by atoms with Crippen molar-refractivity contribution < 1.29 is 9.53 Å². The van der Waals surface area contributed by atoms with Crippen LogP contribution in [0.3, 0.4) is 0 Å². The van der Waals surface area contributed by atoms with Crippen molar-refractivity contribution in [2.45, 2.75) is 30.8 Å². The first-order valence-electron chi connectivity index (χ1n) is 12.5. The predicted molar refractivity (Wildman–Crippen MR) is 151 cm³/mol. The van der Waals surface area contributed by atoms with E-state index in [9.17, 15) is 4.79 Å². The Morgan fingerprint density at radius 3 is 2.05 bits per heavy atom. The van der Waals surface area contributed by atoms with Crippen molar-refractivity contribution >= 4 is 17.7 Å². The largest absolute Gasteiger partial charge is 0.497 e. The van der Waals surface area contributed by atoms with E-state index in [-0.39, 0.29) is 17.6 Å². The van der Waals surface area contributed by atoms with Crippen molar-refractivity contribution in [3.05, 3.63) is 125 Å².